The Bertz CT molecular complexity index is 540. The summed E-state index contributed by atoms with van der Waals surface area (Å²) in [6, 6.07) is 1.10. The molecule has 1 aromatic rings. The molecule has 1 aromatic heterocycles. The first-order valence-electron chi connectivity index (χ1n) is 9.69. The third kappa shape index (κ3) is 6.59. The zero-order valence-corrected chi connectivity index (χ0v) is 17.3. The van der Waals surface area contributed by atoms with Crippen molar-refractivity contribution in [3.63, 3.8) is 0 Å². The molecule has 2 rings (SSSR count). The number of rotatable bonds is 8. The molecular weight excluding hydrogens is 330 g/mol. The number of likely N-dealkylation sites (tertiary alicyclic amines) is 1. The van der Waals surface area contributed by atoms with Crippen LogP contribution in [0, 0.1) is 12.8 Å². The number of guanidine groups is 1. The summed E-state index contributed by atoms with van der Waals surface area (Å²) in [6.07, 6.45) is 3.32. The van der Waals surface area contributed by atoms with Gasteiger partial charge in [0.25, 0.3) is 0 Å². The van der Waals surface area contributed by atoms with Gasteiger partial charge in [0.2, 0.25) is 0 Å². The molecule has 6 heteroatoms. The van der Waals surface area contributed by atoms with Gasteiger partial charge in [-0.3, -0.25) is 9.89 Å². The summed E-state index contributed by atoms with van der Waals surface area (Å²) in [5, 5.41) is 10.4. The maximum Gasteiger partial charge on any atom is 0.191 e. The summed E-state index contributed by atoms with van der Waals surface area (Å²) < 4.78 is 0. The molecule has 1 saturated heterocycles. The summed E-state index contributed by atoms with van der Waals surface area (Å²) in [7, 11) is 0. The lowest BCUT2D eigenvalue weighted by atomic mass is 10.1. The van der Waals surface area contributed by atoms with Gasteiger partial charge in [-0.25, -0.2) is 4.98 Å². The predicted octanol–water partition coefficient (Wildman–Crippen LogP) is 3.06. The SMILES string of the molecule is CCNC(=NCCCCc1nc(C)cs1)NC1CN(C(C)C)CC1C. The Morgan fingerprint density at radius 3 is 2.80 bits per heavy atom. The molecule has 2 N–H and O–H groups in total. The molecule has 142 valence electrons. The Hall–Kier alpha value is -1.14. The van der Waals surface area contributed by atoms with Crippen molar-refractivity contribution in [2.24, 2.45) is 10.9 Å². The van der Waals surface area contributed by atoms with Crippen molar-refractivity contribution in [3.05, 3.63) is 16.1 Å². The molecule has 5 nitrogen and oxygen atoms in total. The number of aryl methyl sites for hydroxylation is 2. The fraction of sp³-hybridized carbons (Fsp3) is 0.789. The van der Waals surface area contributed by atoms with Gasteiger partial charge < -0.3 is 10.6 Å². The molecule has 1 aliphatic rings. The Balaban J connectivity index is 1.76. The van der Waals surface area contributed by atoms with Gasteiger partial charge in [-0.2, -0.15) is 0 Å². The first-order valence-corrected chi connectivity index (χ1v) is 10.6. The van der Waals surface area contributed by atoms with Gasteiger partial charge in [-0.1, -0.05) is 6.92 Å². The van der Waals surface area contributed by atoms with E-state index in [1.54, 1.807) is 11.3 Å². The van der Waals surface area contributed by atoms with Gasteiger partial charge >= 0.3 is 0 Å². The van der Waals surface area contributed by atoms with Crippen molar-refractivity contribution >= 4 is 17.3 Å². The van der Waals surface area contributed by atoms with E-state index < -0.39 is 0 Å². The van der Waals surface area contributed by atoms with Crippen LogP contribution >= 0.6 is 11.3 Å². The number of aromatic nitrogens is 1. The number of unbranched alkanes of at least 4 members (excludes halogenated alkanes) is 1. The van der Waals surface area contributed by atoms with Crippen LogP contribution in [-0.2, 0) is 6.42 Å². The summed E-state index contributed by atoms with van der Waals surface area (Å²) in [4.78, 5) is 11.8. The molecule has 0 aliphatic carbocycles. The zero-order chi connectivity index (χ0) is 18.2. The first-order chi connectivity index (χ1) is 12.0. The molecule has 0 amide bonds. The van der Waals surface area contributed by atoms with Crippen LogP contribution < -0.4 is 10.6 Å². The monoisotopic (exact) mass is 365 g/mol. The Kier molecular flexibility index (Phi) is 8.16. The molecule has 2 unspecified atom stereocenters. The summed E-state index contributed by atoms with van der Waals surface area (Å²) >= 11 is 1.77. The van der Waals surface area contributed by atoms with Crippen molar-refractivity contribution in [1.29, 1.82) is 0 Å². The number of hydrogen-bond acceptors (Lipinski definition) is 4. The summed E-state index contributed by atoms with van der Waals surface area (Å²) in [5.74, 6) is 1.62. The van der Waals surface area contributed by atoms with Crippen molar-refractivity contribution in [2.45, 2.75) is 66.0 Å². The highest BCUT2D eigenvalue weighted by Crippen LogP contribution is 2.18. The third-order valence-electron chi connectivity index (χ3n) is 4.77. The minimum absolute atomic E-state index is 0.485. The largest absolute Gasteiger partial charge is 0.357 e. The predicted molar refractivity (Wildman–Crippen MR) is 109 cm³/mol. The quantitative estimate of drug-likeness (QED) is 0.422. The normalized spacial score (nSPS) is 21.9. The lowest BCUT2D eigenvalue weighted by molar-refractivity contribution is 0.265. The van der Waals surface area contributed by atoms with Crippen LogP contribution in [0.25, 0.3) is 0 Å². The van der Waals surface area contributed by atoms with E-state index in [1.165, 1.54) is 11.6 Å². The highest BCUT2D eigenvalue weighted by molar-refractivity contribution is 7.09. The number of nitrogens with one attached hydrogen (secondary N) is 2. The topological polar surface area (TPSA) is 52.6 Å². The van der Waals surface area contributed by atoms with Crippen molar-refractivity contribution in [3.8, 4) is 0 Å². The van der Waals surface area contributed by atoms with Gasteiger partial charge in [0.1, 0.15) is 0 Å². The molecule has 0 saturated carbocycles. The van der Waals surface area contributed by atoms with Gasteiger partial charge in [-0.05, 0) is 52.9 Å². The Labute approximate surface area is 157 Å². The molecule has 0 bridgehead atoms. The van der Waals surface area contributed by atoms with Crippen molar-refractivity contribution in [2.75, 3.05) is 26.2 Å². The molecular formula is C19H35N5S. The van der Waals surface area contributed by atoms with Crippen LogP contribution in [0.3, 0.4) is 0 Å². The lowest BCUT2D eigenvalue weighted by Crippen LogP contribution is -2.46. The van der Waals surface area contributed by atoms with E-state index in [0.717, 1.165) is 50.6 Å². The molecule has 0 spiro atoms. The highest BCUT2D eigenvalue weighted by atomic mass is 32.1. The maximum absolute atomic E-state index is 4.78. The Morgan fingerprint density at radius 1 is 1.40 bits per heavy atom. The van der Waals surface area contributed by atoms with E-state index in [1.807, 2.05) is 0 Å². The van der Waals surface area contributed by atoms with Crippen LogP contribution in [0.4, 0.5) is 0 Å². The van der Waals surface area contributed by atoms with Gasteiger partial charge in [-0.15, -0.1) is 11.3 Å². The van der Waals surface area contributed by atoms with E-state index in [-0.39, 0.29) is 0 Å². The number of hydrogen-bond donors (Lipinski definition) is 2. The highest BCUT2D eigenvalue weighted by Gasteiger charge is 2.31. The fourth-order valence-corrected chi connectivity index (χ4v) is 4.02. The summed E-state index contributed by atoms with van der Waals surface area (Å²) in [6.45, 7) is 15.1. The second-order valence-electron chi connectivity index (χ2n) is 7.38. The molecule has 2 atom stereocenters. The number of thiazole rings is 1. The Morgan fingerprint density at radius 2 is 2.20 bits per heavy atom. The fourth-order valence-electron chi connectivity index (χ4n) is 3.21. The van der Waals surface area contributed by atoms with Gasteiger partial charge in [0.15, 0.2) is 5.96 Å². The average molecular weight is 366 g/mol. The van der Waals surface area contributed by atoms with E-state index in [0.29, 0.717) is 18.0 Å². The molecule has 2 heterocycles. The second-order valence-corrected chi connectivity index (χ2v) is 8.32. The molecule has 25 heavy (non-hydrogen) atoms. The van der Waals surface area contributed by atoms with Crippen LogP contribution in [0.2, 0.25) is 0 Å². The lowest BCUT2D eigenvalue weighted by Gasteiger charge is -2.21. The molecule has 0 radical (unpaired) electrons. The average Bonchev–Trinajstić information content (AvgIpc) is 3.13. The third-order valence-corrected chi connectivity index (χ3v) is 5.80. The number of nitrogens with zero attached hydrogens (tertiary/aromatic N) is 3. The van der Waals surface area contributed by atoms with Crippen LogP contribution in [-0.4, -0.2) is 54.1 Å². The first kappa shape index (κ1) is 20.2. The summed E-state index contributed by atoms with van der Waals surface area (Å²) in [5.41, 5.74) is 1.14. The van der Waals surface area contributed by atoms with Gasteiger partial charge in [0.05, 0.1) is 5.01 Å². The van der Waals surface area contributed by atoms with Crippen molar-refractivity contribution in [1.82, 2.24) is 20.5 Å². The molecule has 1 aliphatic heterocycles. The minimum atomic E-state index is 0.485. The standard InChI is InChI=1S/C19H35N5S/c1-6-20-19(23-17-12-24(14(2)3)11-15(17)4)21-10-8-7-9-18-22-16(5)13-25-18/h13-15,17H,6-12H2,1-5H3,(H2,20,21,23). The smallest absolute Gasteiger partial charge is 0.191 e. The maximum atomic E-state index is 4.78. The van der Waals surface area contributed by atoms with E-state index in [9.17, 15) is 0 Å². The van der Waals surface area contributed by atoms with Gasteiger partial charge in [0, 0.05) is 49.3 Å². The molecule has 1 fully saturated rings. The van der Waals surface area contributed by atoms with E-state index >= 15 is 0 Å². The van der Waals surface area contributed by atoms with Crippen LogP contribution in [0.15, 0.2) is 10.4 Å². The number of aliphatic imine (C=N–C) groups is 1. The van der Waals surface area contributed by atoms with E-state index in [2.05, 4.69) is 60.5 Å². The van der Waals surface area contributed by atoms with Crippen molar-refractivity contribution < 1.29 is 0 Å². The molecule has 0 aromatic carbocycles. The zero-order valence-electron chi connectivity index (χ0n) is 16.5. The van der Waals surface area contributed by atoms with Crippen LogP contribution in [0.5, 0.6) is 0 Å². The van der Waals surface area contributed by atoms with E-state index in [4.69, 9.17) is 4.99 Å². The second kappa shape index (κ2) is 10.1. The van der Waals surface area contributed by atoms with Crippen LogP contribution in [0.1, 0.15) is 51.2 Å². The minimum Gasteiger partial charge on any atom is -0.357 e.